The van der Waals surface area contributed by atoms with E-state index in [2.05, 4.69) is 37.4 Å². The quantitative estimate of drug-likeness (QED) is 0.775. The number of fused-ring (bicyclic) bond motifs is 1. The second kappa shape index (κ2) is 7.86. The molecule has 0 fully saturated rings. The molecule has 0 unspecified atom stereocenters. The van der Waals surface area contributed by atoms with Gasteiger partial charge in [-0.1, -0.05) is 36.8 Å². The molecule has 1 aliphatic rings. The Bertz CT molecular complexity index is 872. The highest BCUT2D eigenvalue weighted by molar-refractivity contribution is 5.81. The van der Waals surface area contributed by atoms with Crippen LogP contribution in [0.25, 0.3) is 0 Å². The Morgan fingerprint density at radius 3 is 2.54 bits per heavy atom. The third-order valence-electron chi connectivity index (χ3n) is 5.21. The van der Waals surface area contributed by atoms with Crippen LogP contribution >= 0.6 is 0 Å². The van der Waals surface area contributed by atoms with Gasteiger partial charge >= 0.3 is 0 Å². The molecule has 2 aromatic rings. The Hall–Kier alpha value is -2.49. The Morgan fingerprint density at radius 1 is 1.18 bits per heavy atom. The Labute approximate surface area is 168 Å². The molecule has 2 atom stereocenters. The van der Waals surface area contributed by atoms with Crippen molar-refractivity contribution < 1.29 is 14.3 Å². The van der Waals surface area contributed by atoms with Crippen LogP contribution in [0, 0.1) is 20.8 Å². The maximum absolute atomic E-state index is 13.0. The fraction of sp³-hybridized carbons (Fsp3) is 0.458. The van der Waals surface area contributed by atoms with Gasteiger partial charge in [-0.25, -0.2) is 0 Å². The van der Waals surface area contributed by atoms with Crippen LogP contribution < -0.4 is 14.8 Å². The molecule has 1 amide bonds. The average molecular weight is 382 g/mol. The highest BCUT2D eigenvalue weighted by Crippen LogP contribution is 2.40. The summed E-state index contributed by atoms with van der Waals surface area (Å²) in [6, 6.07) is 12.1. The smallest absolute Gasteiger partial charge is 0.261 e. The fourth-order valence-corrected chi connectivity index (χ4v) is 3.76. The van der Waals surface area contributed by atoms with Crippen molar-refractivity contribution in [3.05, 3.63) is 58.7 Å². The zero-order valence-corrected chi connectivity index (χ0v) is 17.8. The average Bonchev–Trinajstić information content (AvgIpc) is 2.59. The second-order valence-electron chi connectivity index (χ2n) is 8.45. The Balaban J connectivity index is 1.79. The molecule has 2 aromatic carbocycles. The van der Waals surface area contributed by atoms with Gasteiger partial charge in [0.15, 0.2) is 6.10 Å². The van der Waals surface area contributed by atoms with E-state index in [0.29, 0.717) is 6.42 Å². The van der Waals surface area contributed by atoms with Crippen LogP contribution in [-0.2, 0) is 4.79 Å². The van der Waals surface area contributed by atoms with Crippen LogP contribution in [0.2, 0.25) is 0 Å². The molecule has 3 rings (SSSR count). The lowest BCUT2D eigenvalue weighted by Gasteiger charge is -2.38. The summed E-state index contributed by atoms with van der Waals surface area (Å²) >= 11 is 0. The van der Waals surface area contributed by atoms with Crippen LogP contribution in [-0.4, -0.2) is 17.6 Å². The molecule has 1 heterocycles. The molecule has 0 aromatic heterocycles. The summed E-state index contributed by atoms with van der Waals surface area (Å²) in [5, 5.41) is 3.21. The summed E-state index contributed by atoms with van der Waals surface area (Å²) < 4.78 is 12.2. The van der Waals surface area contributed by atoms with Gasteiger partial charge in [0, 0.05) is 12.0 Å². The van der Waals surface area contributed by atoms with E-state index >= 15 is 0 Å². The molecule has 0 bridgehead atoms. The SMILES string of the molecule is CC[C@@H](Oc1ccc(C)cc1C)C(=O)N[C@H]1CC(C)(C)Oc2cc(C)ccc21. The lowest BCUT2D eigenvalue weighted by atomic mass is 9.89. The summed E-state index contributed by atoms with van der Waals surface area (Å²) in [7, 11) is 0. The maximum atomic E-state index is 13.0. The van der Waals surface area contributed by atoms with E-state index in [0.717, 1.165) is 34.6 Å². The number of aryl methyl sites for hydroxylation is 3. The molecule has 0 saturated heterocycles. The van der Waals surface area contributed by atoms with Gasteiger partial charge in [-0.05, 0) is 64.3 Å². The highest BCUT2D eigenvalue weighted by Gasteiger charge is 2.35. The first-order chi connectivity index (χ1) is 13.2. The van der Waals surface area contributed by atoms with Crippen molar-refractivity contribution in [2.75, 3.05) is 0 Å². The molecular formula is C24H31NO3. The number of ether oxygens (including phenoxy) is 2. The molecule has 4 heteroatoms. The van der Waals surface area contributed by atoms with Crippen molar-refractivity contribution in [3.8, 4) is 11.5 Å². The van der Waals surface area contributed by atoms with E-state index in [1.165, 1.54) is 5.56 Å². The van der Waals surface area contributed by atoms with Crippen molar-refractivity contribution in [1.82, 2.24) is 5.32 Å². The van der Waals surface area contributed by atoms with E-state index in [1.807, 2.05) is 45.9 Å². The van der Waals surface area contributed by atoms with Gasteiger partial charge in [0.1, 0.15) is 17.1 Å². The van der Waals surface area contributed by atoms with Crippen molar-refractivity contribution in [2.45, 2.75) is 72.1 Å². The molecule has 0 saturated carbocycles. The first-order valence-electron chi connectivity index (χ1n) is 10.0. The van der Waals surface area contributed by atoms with Crippen molar-refractivity contribution in [2.24, 2.45) is 0 Å². The Morgan fingerprint density at radius 2 is 1.86 bits per heavy atom. The zero-order chi connectivity index (χ0) is 20.5. The third kappa shape index (κ3) is 4.49. The molecule has 0 radical (unpaired) electrons. The normalized spacial score (nSPS) is 18.6. The first-order valence-corrected chi connectivity index (χ1v) is 10.0. The van der Waals surface area contributed by atoms with Gasteiger partial charge in [-0.15, -0.1) is 0 Å². The second-order valence-corrected chi connectivity index (χ2v) is 8.45. The third-order valence-corrected chi connectivity index (χ3v) is 5.21. The number of hydrogen-bond donors (Lipinski definition) is 1. The number of rotatable bonds is 5. The topological polar surface area (TPSA) is 47.6 Å². The predicted molar refractivity (Wildman–Crippen MR) is 112 cm³/mol. The van der Waals surface area contributed by atoms with Crippen molar-refractivity contribution >= 4 is 5.91 Å². The standard InChI is InChI=1S/C24H31NO3/c1-7-20(27-21-11-9-15(2)12-17(21)4)23(26)25-19-14-24(5,6)28-22-13-16(3)8-10-18(19)22/h8-13,19-20H,7,14H2,1-6H3,(H,25,26)/t19-,20+/m0/s1. The summed E-state index contributed by atoms with van der Waals surface area (Å²) in [6.07, 6.45) is 0.794. The molecule has 1 aliphatic heterocycles. The Kier molecular flexibility index (Phi) is 5.69. The number of carbonyl (C=O) groups is 1. The van der Waals surface area contributed by atoms with E-state index in [1.54, 1.807) is 0 Å². The lowest BCUT2D eigenvalue weighted by molar-refractivity contribution is -0.129. The number of carbonyl (C=O) groups excluding carboxylic acids is 1. The minimum absolute atomic E-state index is 0.0864. The maximum Gasteiger partial charge on any atom is 0.261 e. The highest BCUT2D eigenvalue weighted by atomic mass is 16.5. The van der Waals surface area contributed by atoms with Crippen LogP contribution in [0.3, 0.4) is 0 Å². The van der Waals surface area contributed by atoms with Crippen LogP contribution in [0.5, 0.6) is 11.5 Å². The van der Waals surface area contributed by atoms with Crippen molar-refractivity contribution in [3.63, 3.8) is 0 Å². The van der Waals surface area contributed by atoms with Crippen LogP contribution in [0.1, 0.15) is 61.9 Å². The fourth-order valence-electron chi connectivity index (χ4n) is 3.76. The summed E-state index contributed by atoms with van der Waals surface area (Å²) in [6.45, 7) is 12.2. The largest absolute Gasteiger partial charge is 0.487 e. The number of amides is 1. The van der Waals surface area contributed by atoms with E-state index in [-0.39, 0.29) is 17.6 Å². The molecule has 28 heavy (non-hydrogen) atoms. The van der Waals surface area contributed by atoms with Crippen LogP contribution in [0.15, 0.2) is 36.4 Å². The summed E-state index contributed by atoms with van der Waals surface area (Å²) in [5.41, 5.74) is 4.05. The molecule has 150 valence electrons. The number of benzene rings is 2. The van der Waals surface area contributed by atoms with E-state index in [9.17, 15) is 4.79 Å². The first kappa shape index (κ1) is 20.2. The van der Waals surface area contributed by atoms with Crippen molar-refractivity contribution in [1.29, 1.82) is 0 Å². The van der Waals surface area contributed by atoms with Gasteiger partial charge < -0.3 is 14.8 Å². The van der Waals surface area contributed by atoms with Gasteiger partial charge in [-0.3, -0.25) is 4.79 Å². The minimum Gasteiger partial charge on any atom is -0.487 e. The predicted octanol–water partition coefficient (Wildman–Crippen LogP) is 5.19. The molecular weight excluding hydrogens is 350 g/mol. The molecule has 0 spiro atoms. The monoisotopic (exact) mass is 381 g/mol. The van der Waals surface area contributed by atoms with Gasteiger partial charge in [-0.2, -0.15) is 0 Å². The van der Waals surface area contributed by atoms with Gasteiger partial charge in [0.25, 0.3) is 5.91 Å². The zero-order valence-electron chi connectivity index (χ0n) is 17.8. The van der Waals surface area contributed by atoms with E-state index in [4.69, 9.17) is 9.47 Å². The summed E-state index contributed by atoms with van der Waals surface area (Å²) in [4.78, 5) is 13.0. The molecule has 1 N–H and O–H groups in total. The molecule has 0 aliphatic carbocycles. The van der Waals surface area contributed by atoms with Crippen LogP contribution in [0.4, 0.5) is 0 Å². The minimum atomic E-state index is -0.527. The summed E-state index contributed by atoms with van der Waals surface area (Å²) in [5.74, 6) is 1.53. The lowest BCUT2D eigenvalue weighted by Crippen LogP contribution is -2.45. The van der Waals surface area contributed by atoms with Gasteiger partial charge in [0.05, 0.1) is 6.04 Å². The molecule has 4 nitrogen and oxygen atoms in total. The number of hydrogen-bond acceptors (Lipinski definition) is 3. The van der Waals surface area contributed by atoms with Gasteiger partial charge in [0.2, 0.25) is 0 Å². The van der Waals surface area contributed by atoms with E-state index < -0.39 is 6.10 Å². The number of nitrogens with one attached hydrogen (secondary N) is 1.